The molecule has 0 amide bonds. The maximum Gasteiger partial charge on any atom is 0.138 e. The number of hydrogen-bond donors (Lipinski definition) is 0. The topological polar surface area (TPSA) is 35.0 Å². The van der Waals surface area contributed by atoms with Crippen LogP contribution < -0.4 is 4.74 Å². The van der Waals surface area contributed by atoms with Gasteiger partial charge in [0.2, 0.25) is 0 Å². The van der Waals surface area contributed by atoms with Crippen LogP contribution in [0.4, 0.5) is 0 Å². The Morgan fingerprint density at radius 2 is 2.20 bits per heavy atom. The fourth-order valence-corrected chi connectivity index (χ4v) is 1.94. The molecule has 0 aliphatic rings. The van der Waals surface area contributed by atoms with E-state index in [1.54, 1.807) is 18.5 Å². The first-order valence-corrected chi connectivity index (χ1v) is 6.99. The van der Waals surface area contributed by atoms with Gasteiger partial charge in [-0.2, -0.15) is 0 Å². The van der Waals surface area contributed by atoms with E-state index in [-0.39, 0.29) is 0 Å². The molecule has 20 heavy (non-hydrogen) atoms. The second-order valence-corrected chi connectivity index (χ2v) is 4.75. The zero-order chi connectivity index (χ0) is 14.4. The van der Waals surface area contributed by atoms with Gasteiger partial charge >= 0.3 is 0 Å². The van der Waals surface area contributed by atoms with Gasteiger partial charge in [0.15, 0.2) is 0 Å². The van der Waals surface area contributed by atoms with E-state index in [1.807, 2.05) is 18.2 Å². The van der Waals surface area contributed by atoms with Crippen LogP contribution in [0.1, 0.15) is 25.3 Å². The average molecular weight is 289 g/mol. The summed E-state index contributed by atoms with van der Waals surface area (Å²) in [6.07, 6.45) is 7.25. The second-order valence-electron chi connectivity index (χ2n) is 4.39. The minimum Gasteiger partial charge on any atom is -0.492 e. The zero-order valence-corrected chi connectivity index (χ0v) is 12.2. The van der Waals surface area contributed by atoms with Gasteiger partial charge in [0.1, 0.15) is 10.9 Å². The van der Waals surface area contributed by atoms with Crippen molar-refractivity contribution in [3.63, 3.8) is 0 Å². The maximum absolute atomic E-state index is 6.16. The Kier molecular flexibility index (Phi) is 5.13. The van der Waals surface area contributed by atoms with E-state index in [4.69, 9.17) is 16.3 Å². The molecule has 0 aliphatic heterocycles. The largest absolute Gasteiger partial charge is 0.492 e. The number of ether oxygens (including phenoxy) is 1. The first-order chi connectivity index (χ1) is 9.74. The molecule has 0 bridgehead atoms. The second kappa shape index (κ2) is 7.06. The first-order valence-electron chi connectivity index (χ1n) is 6.61. The molecule has 0 spiro atoms. The summed E-state index contributed by atoms with van der Waals surface area (Å²) in [5.74, 6) is 0.712. The van der Waals surface area contributed by atoms with E-state index < -0.39 is 0 Å². The Morgan fingerprint density at radius 3 is 2.95 bits per heavy atom. The summed E-state index contributed by atoms with van der Waals surface area (Å²) in [6, 6.07) is 5.69. The van der Waals surface area contributed by atoms with E-state index in [2.05, 4.69) is 23.5 Å². The van der Waals surface area contributed by atoms with Crippen molar-refractivity contribution in [1.29, 1.82) is 0 Å². The normalized spacial score (nSPS) is 10.3. The third kappa shape index (κ3) is 3.58. The van der Waals surface area contributed by atoms with Crippen LogP contribution >= 0.6 is 11.6 Å². The molecule has 4 heteroatoms. The average Bonchev–Trinajstić information content (AvgIpc) is 2.49. The third-order valence-corrected chi connectivity index (χ3v) is 3.18. The first kappa shape index (κ1) is 14.5. The molecule has 0 saturated heterocycles. The summed E-state index contributed by atoms with van der Waals surface area (Å²) in [7, 11) is 0. The predicted molar refractivity (Wildman–Crippen MR) is 83.0 cm³/mol. The van der Waals surface area contributed by atoms with Crippen LogP contribution in [0.15, 0.2) is 37.2 Å². The molecule has 0 fully saturated rings. The Labute approximate surface area is 124 Å². The van der Waals surface area contributed by atoms with E-state index in [0.29, 0.717) is 17.5 Å². The molecule has 0 unspecified atom stereocenters. The van der Waals surface area contributed by atoms with Crippen molar-refractivity contribution in [2.24, 2.45) is 0 Å². The number of unbranched alkanes of at least 4 members (excludes halogenated alkanes) is 1. The fraction of sp³-hybridized carbons (Fsp3) is 0.250. The lowest BCUT2D eigenvalue weighted by molar-refractivity contribution is 0.308. The predicted octanol–water partition coefficient (Wildman–Crippen LogP) is 4.62. The molecule has 2 aromatic rings. The van der Waals surface area contributed by atoms with Gasteiger partial charge < -0.3 is 4.74 Å². The van der Waals surface area contributed by atoms with Gasteiger partial charge in [-0.1, -0.05) is 37.6 Å². The minimum absolute atomic E-state index is 0.418. The molecule has 0 aliphatic carbocycles. The van der Waals surface area contributed by atoms with Gasteiger partial charge in [-0.25, -0.2) is 4.98 Å². The van der Waals surface area contributed by atoms with Crippen LogP contribution in [0, 0.1) is 0 Å². The van der Waals surface area contributed by atoms with Crippen LogP contribution in [0.3, 0.4) is 0 Å². The fourth-order valence-electron chi connectivity index (χ4n) is 1.74. The third-order valence-electron chi connectivity index (χ3n) is 2.88. The molecule has 0 aromatic carbocycles. The van der Waals surface area contributed by atoms with Gasteiger partial charge in [-0.15, -0.1) is 0 Å². The van der Waals surface area contributed by atoms with Crippen molar-refractivity contribution in [3.8, 4) is 17.0 Å². The molecule has 0 atom stereocenters. The van der Waals surface area contributed by atoms with Gasteiger partial charge in [0, 0.05) is 11.8 Å². The lowest BCUT2D eigenvalue weighted by Gasteiger charge is -2.08. The Hall–Kier alpha value is -1.87. The van der Waals surface area contributed by atoms with E-state index in [1.165, 1.54) is 0 Å². The monoisotopic (exact) mass is 288 g/mol. The summed E-state index contributed by atoms with van der Waals surface area (Å²) in [5, 5.41) is 0.418. The molecule has 2 aromatic heterocycles. The van der Waals surface area contributed by atoms with E-state index in [0.717, 1.165) is 29.7 Å². The molecular formula is C16H17ClN2O. The number of hydrogen-bond acceptors (Lipinski definition) is 3. The summed E-state index contributed by atoms with van der Waals surface area (Å²) in [4.78, 5) is 8.49. The SMILES string of the molecule is C=Cc1ccnc(-c2cc(OCCCC)cnc2Cl)c1. The zero-order valence-electron chi connectivity index (χ0n) is 11.5. The van der Waals surface area contributed by atoms with Crippen LogP contribution in [-0.2, 0) is 0 Å². The lowest BCUT2D eigenvalue weighted by Crippen LogP contribution is -1.98. The smallest absolute Gasteiger partial charge is 0.138 e. The molecule has 104 valence electrons. The van der Waals surface area contributed by atoms with E-state index in [9.17, 15) is 0 Å². The van der Waals surface area contributed by atoms with Crippen molar-refractivity contribution in [2.75, 3.05) is 6.61 Å². The van der Waals surface area contributed by atoms with Crippen molar-refractivity contribution >= 4 is 17.7 Å². The number of rotatable bonds is 6. The highest BCUT2D eigenvalue weighted by molar-refractivity contribution is 6.32. The molecule has 2 rings (SSSR count). The molecule has 0 radical (unpaired) electrons. The summed E-state index contributed by atoms with van der Waals surface area (Å²) >= 11 is 6.16. The maximum atomic E-state index is 6.16. The van der Waals surface area contributed by atoms with Gasteiger partial charge in [-0.3, -0.25) is 4.98 Å². The highest BCUT2D eigenvalue weighted by Crippen LogP contribution is 2.28. The summed E-state index contributed by atoms with van der Waals surface area (Å²) in [6.45, 7) is 6.56. The highest BCUT2D eigenvalue weighted by atomic mass is 35.5. The number of halogens is 1. The molecule has 3 nitrogen and oxygen atoms in total. The van der Waals surface area contributed by atoms with Gasteiger partial charge in [0.05, 0.1) is 18.5 Å². The molecule has 2 heterocycles. The Morgan fingerprint density at radius 1 is 1.35 bits per heavy atom. The number of pyridine rings is 2. The van der Waals surface area contributed by atoms with Crippen LogP contribution in [-0.4, -0.2) is 16.6 Å². The van der Waals surface area contributed by atoms with Gasteiger partial charge in [0.25, 0.3) is 0 Å². The van der Waals surface area contributed by atoms with Crippen LogP contribution in [0.2, 0.25) is 5.15 Å². The molecular weight excluding hydrogens is 272 g/mol. The van der Waals surface area contributed by atoms with Crippen molar-refractivity contribution < 1.29 is 4.74 Å². The number of nitrogens with zero attached hydrogens (tertiary/aromatic N) is 2. The van der Waals surface area contributed by atoms with Crippen molar-refractivity contribution in [2.45, 2.75) is 19.8 Å². The highest BCUT2D eigenvalue weighted by Gasteiger charge is 2.08. The van der Waals surface area contributed by atoms with Gasteiger partial charge in [-0.05, 0) is 30.2 Å². The van der Waals surface area contributed by atoms with Crippen LogP contribution in [0.5, 0.6) is 5.75 Å². The molecule has 0 N–H and O–H groups in total. The standard InChI is InChI=1S/C16H17ClN2O/c1-3-5-8-20-13-10-14(16(17)19-11-13)15-9-12(4-2)6-7-18-15/h4,6-7,9-11H,2-3,5,8H2,1H3. The Bertz CT molecular complexity index is 599. The van der Waals surface area contributed by atoms with Crippen molar-refractivity contribution in [1.82, 2.24) is 9.97 Å². The summed E-state index contributed by atoms with van der Waals surface area (Å²) < 4.78 is 5.65. The molecule has 0 saturated carbocycles. The Balaban J connectivity index is 2.29. The lowest BCUT2D eigenvalue weighted by atomic mass is 10.1. The van der Waals surface area contributed by atoms with E-state index >= 15 is 0 Å². The quantitative estimate of drug-likeness (QED) is 0.575. The summed E-state index contributed by atoms with van der Waals surface area (Å²) in [5.41, 5.74) is 2.52. The number of aromatic nitrogens is 2. The van der Waals surface area contributed by atoms with Crippen molar-refractivity contribution in [3.05, 3.63) is 47.9 Å². The minimum atomic E-state index is 0.418. The van der Waals surface area contributed by atoms with Crippen LogP contribution in [0.25, 0.3) is 17.3 Å².